The molecule has 0 aliphatic heterocycles. The molecule has 1 unspecified atom stereocenters. The summed E-state index contributed by atoms with van der Waals surface area (Å²) in [6.07, 6.45) is 2.89. The minimum absolute atomic E-state index is 0.434. The minimum atomic E-state index is -0.585. The summed E-state index contributed by atoms with van der Waals surface area (Å²) in [5, 5.41) is 0. The summed E-state index contributed by atoms with van der Waals surface area (Å²) in [6.45, 7) is 4.68. The molecule has 0 heterocycles. The van der Waals surface area contributed by atoms with E-state index in [-0.39, 0.29) is 0 Å². The van der Waals surface area contributed by atoms with Crippen LogP contribution in [0.3, 0.4) is 0 Å². The van der Waals surface area contributed by atoms with E-state index in [0.717, 1.165) is 6.42 Å². The van der Waals surface area contributed by atoms with Gasteiger partial charge >= 0.3 is 6.16 Å². The average Bonchev–Trinajstić information content (AvgIpc) is 2.10. The highest BCUT2D eigenvalue weighted by Gasteiger charge is 2.05. The molecule has 12 heavy (non-hydrogen) atoms. The fourth-order valence-corrected chi connectivity index (χ4v) is 0.905. The molecule has 3 nitrogen and oxygen atoms in total. The SMILES string of the molecule is CCCCC(C)COC(=O)OC. The smallest absolute Gasteiger partial charge is 0.438 e. The lowest BCUT2D eigenvalue weighted by Crippen LogP contribution is -2.11. The highest BCUT2D eigenvalue weighted by Crippen LogP contribution is 2.07. The van der Waals surface area contributed by atoms with Crippen LogP contribution in [0.4, 0.5) is 4.79 Å². The number of carbonyl (C=O) groups is 1. The molecule has 0 rings (SSSR count). The minimum Gasteiger partial charge on any atom is -0.438 e. The average molecular weight is 174 g/mol. The number of ether oxygens (including phenoxy) is 2. The van der Waals surface area contributed by atoms with Crippen LogP contribution in [0.1, 0.15) is 33.1 Å². The Balaban J connectivity index is 3.30. The Hall–Kier alpha value is -0.730. The molecular formula is C9H18O3. The third kappa shape index (κ3) is 6.01. The van der Waals surface area contributed by atoms with Crippen molar-refractivity contribution in [2.45, 2.75) is 33.1 Å². The molecule has 0 saturated carbocycles. The van der Waals surface area contributed by atoms with E-state index < -0.39 is 6.16 Å². The predicted octanol–water partition coefficient (Wildman–Crippen LogP) is 2.60. The van der Waals surface area contributed by atoms with Gasteiger partial charge in [0.1, 0.15) is 0 Å². The molecule has 0 aliphatic carbocycles. The van der Waals surface area contributed by atoms with E-state index in [0.29, 0.717) is 12.5 Å². The molecule has 0 aromatic heterocycles. The maximum atomic E-state index is 10.5. The molecule has 0 fully saturated rings. The van der Waals surface area contributed by atoms with Crippen molar-refractivity contribution in [3.63, 3.8) is 0 Å². The lowest BCUT2D eigenvalue weighted by atomic mass is 10.1. The molecule has 0 spiro atoms. The predicted molar refractivity (Wildman–Crippen MR) is 47.0 cm³/mol. The van der Waals surface area contributed by atoms with Gasteiger partial charge in [0, 0.05) is 0 Å². The molecule has 0 aromatic rings. The van der Waals surface area contributed by atoms with E-state index in [1.54, 1.807) is 0 Å². The van der Waals surface area contributed by atoms with Crippen LogP contribution < -0.4 is 0 Å². The van der Waals surface area contributed by atoms with Gasteiger partial charge in [-0.2, -0.15) is 0 Å². The number of rotatable bonds is 5. The number of methoxy groups -OCH3 is 1. The summed E-state index contributed by atoms with van der Waals surface area (Å²) in [5.41, 5.74) is 0. The van der Waals surface area contributed by atoms with Gasteiger partial charge in [0.15, 0.2) is 0 Å². The lowest BCUT2D eigenvalue weighted by Gasteiger charge is -2.09. The molecule has 0 aliphatic rings. The van der Waals surface area contributed by atoms with E-state index in [1.165, 1.54) is 20.0 Å². The van der Waals surface area contributed by atoms with Gasteiger partial charge in [-0.15, -0.1) is 0 Å². The number of hydrogen-bond acceptors (Lipinski definition) is 3. The van der Waals surface area contributed by atoms with Gasteiger partial charge in [0.25, 0.3) is 0 Å². The molecule has 3 heteroatoms. The largest absolute Gasteiger partial charge is 0.507 e. The monoisotopic (exact) mass is 174 g/mol. The molecule has 0 N–H and O–H groups in total. The molecule has 1 atom stereocenters. The Morgan fingerprint density at radius 2 is 2.17 bits per heavy atom. The van der Waals surface area contributed by atoms with Crippen LogP contribution >= 0.6 is 0 Å². The van der Waals surface area contributed by atoms with Gasteiger partial charge in [-0.05, 0) is 12.3 Å². The second-order valence-electron chi connectivity index (χ2n) is 3.01. The first-order chi connectivity index (χ1) is 5.70. The van der Waals surface area contributed by atoms with Crippen LogP contribution in [0, 0.1) is 5.92 Å². The summed E-state index contributed by atoms with van der Waals surface area (Å²) in [4.78, 5) is 10.5. The summed E-state index contributed by atoms with van der Waals surface area (Å²) < 4.78 is 9.13. The van der Waals surface area contributed by atoms with Crippen molar-refractivity contribution in [1.29, 1.82) is 0 Å². The lowest BCUT2D eigenvalue weighted by molar-refractivity contribution is 0.0607. The Kier molecular flexibility index (Phi) is 6.53. The summed E-state index contributed by atoms with van der Waals surface area (Å²) in [7, 11) is 1.32. The van der Waals surface area contributed by atoms with E-state index in [9.17, 15) is 4.79 Å². The van der Waals surface area contributed by atoms with Crippen LogP contribution in [-0.4, -0.2) is 19.9 Å². The number of hydrogen-bond donors (Lipinski definition) is 0. The van der Waals surface area contributed by atoms with Crippen molar-refractivity contribution in [1.82, 2.24) is 0 Å². The molecule has 0 bridgehead atoms. The Morgan fingerprint density at radius 3 is 2.67 bits per heavy atom. The highest BCUT2D eigenvalue weighted by molar-refractivity contribution is 5.59. The number of unbranched alkanes of at least 4 members (excludes halogenated alkanes) is 1. The van der Waals surface area contributed by atoms with Crippen LogP contribution in [0.15, 0.2) is 0 Å². The van der Waals surface area contributed by atoms with Crippen molar-refractivity contribution in [2.24, 2.45) is 5.92 Å². The third-order valence-electron chi connectivity index (χ3n) is 1.70. The van der Waals surface area contributed by atoms with Crippen LogP contribution in [0.2, 0.25) is 0 Å². The van der Waals surface area contributed by atoms with Gasteiger partial charge in [-0.3, -0.25) is 0 Å². The summed E-state index contributed by atoms with van der Waals surface area (Å²) in [5.74, 6) is 0.434. The Bertz CT molecular complexity index is 123. The first-order valence-corrected chi connectivity index (χ1v) is 4.41. The van der Waals surface area contributed by atoms with Crippen molar-refractivity contribution in [2.75, 3.05) is 13.7 Å². The maximum Gasteiger partial charge on any atom is 0.507 e. The molecular weight excluding hydrogens is 156 g/mol. The van der Waals surface area contributed by atoms with E-state index in [4.69, 9.17) is 4.74 Å². The first kappa shape index (κ1) is 11.3. The van der Waals surface area contributed by atoms with Crippen LogP contribution in [-0.2, 0) is 9.47 Å². The zero-order valence-corrected chi connectivity index (χ0v) is 8.13. The first-order valence-electron chi connectivity index (χ1n) is 4.41. The van der Waals surface area contributed by atoms with Gasteiger partial charge in [0.2, 0.25) is 0 Å². The quantitative estimate of drug-likeness (QED) is 0.601. The fraction of sp³-hybridized carbons (Fsp3) is 0.889. The third-order valence-corrected chi connectivity index (χ3v) is 1.70. The van der Waals surface area contributed by atoms with Crippen molar-refractivity contribution >= 4 is 6.16 Å². The molecule has 0 radical (unpaired) electrons. The van der Waals surface area contributed by atoms with Crippen molar-refractivity contribution in [3.8, 4) is 0 Å². The zero-order chi connectivity index (χ0) is 9.40. The standard InChI is InChI=1S/C9H18O3/c1-4-5-6-8(2)7-12-9(10)11-3/h8H,4-7H2,1-3H3. The summed E-state index contributed by atoms with van der Waals surface area (Å²) >= 11 is 0. The van der Waals surface area contributed by atoms with Gasteiger partial charge in [0.05, 0.1) is 13.7 Å². The maximum absolute atomic E-state index is 10.5. The van der Waals surface area contributed by atoms with Crippen molar-refractivity contribution < 1.29 is 14.3 Å². The second kappa shape index (κ2) is 6.95. The molecule has 72 valence electrons. The Labute approximate surface area is 74.0 Å². The van der Waals surface area contributed by atoms with E-state index >= 15 is 0 Å². The number of carbonyl (C=O) groups excluding carboxylic acids is 1. The second-order valence-corrected chi connectivity index (χ2v) is 3.01. The summed E-state index contributed by atoms with van der Waals surface area (Å²) in [6, 6.07) is 0. The van der Waals surface area contributed by atoms with E-state index in [2.05, 4.69) is 18.6 Å². The fourth-order valence-electron chi connectivity index (χ4n) is 0.905. The molecule has 0 saturated heterocycles. The highest BCUT2D eigenvalue weighted by atomic mass is 16.7. The van der Waals surface area contributed by atoms with Crippen LogP contribution in [0.25, 0.3) is 0 Å². The zero-order valence-electron chi connectivity index (χ0n) is 8.13. The topological polar surface area (TPSA) is 35.5 Å². The van der Waals surface area contributed by atoms with Crippen LogP contribution in [0.5, 0.6) is 0 Å². The normalized spacial score (nSPS) is 12.2. The van der Waals surface area contributed by atoms with E-state index in [1.807, 2.05) is 0 Å². The molecule has 0 aromatic carbocycles. The van der Waals surface area contributed by atoms with Gasteiger partial charge < -0.3 is 9.47 Å². The Morgan fingerprint density at radius 1 is 1.50 bits per heavy atom. The van der Waals surface area contributed by atoms with Gasteiger partial charge in [-0.1, -0.05) is 26.7 Å². The van der Waals surface area contributed by atoms with Gasteiger partial charge in [-0.25, -0.2) is 4.79 Å². The molecule has 0 amide bonds. The van der Waals surface area contributed by atoms with Crippen molar-refractivity contribution in [3.05, 3.63) is 0 Å².